The van der Waals surface area contributed by atoms with Crippen LogP contribution >= 0.6 is 0 Å². The first-order valence-corrected chi connectivity index (χ1v) is 12.5. The van der Waals surface area contributed by atoms with E-state index in [0.717, 1.165) is 30.4 Å². The van der Waals surface area contributed by atoms with Crippen LogP contribution in [-0.4, -0.2) is 46.5 Å². The van der Waals surface area contributed by atoms with Gasteiger partial charge in [0.1, 0.15) is 17.7 Å². The van der Waals surface area contributed by atoms with Crippen molar-refractivity contribution in [3.8, 4) is 0 Å². The van der Waals surface area contributed by atoms with Crippen LogP contribution in [0.15, 0.2) is 24.3 Å². The fourth-order valence-corrected chi connectivity index (χ4v) is 3.54. The Labute approximate surface area is 206 Å². The molecule has 0 fully saturated rings. The quantitative estimate of drug-likeness (QED) is 0.434. The minimum atomic E-state index is -0.874. The maximum Gasteiger partial charge on any atom is 0.408 e. The van der Waals surface area contributed by atoms with E-state index in [9.17, 15) is 14.4 Å². The molecule has 0 aliphatic carbocycles. The predicted octanol–water partition coefficient (Wildman–Crippen LogP) is 5.14. The minimum Gasteiger partial charge on any atom is -0.444 e. The Hall–Kier alpha value is -2.57. The number of alkyl carbamates (subject to hydrolysis) is 1. The number of benzene rings is 1. The average Bonchev–Trinajstić information content (AvgIpc) is 2.75. The van der Waals surface area contributed by atoms with Crippen LogP contribution < -0.4 is 10.6 Å². The largest absolute Gasteiger partial charge is 0.444 e. The highest BCUT2D eigenvalue weighted by molar-refractivity contribution is 5.92. The number of unbranched alkanes of at least 4 members (excludes halogenated alkanes) is 1. The number of ether oxygens (including phenoxy) is 1. The summed E-state index contributed by atoms with van der Waals surface area (Å²) in [6, 6.07) is 6.12. The summed E-state index contributed by atoms with van der Waals surface area (Å²) in [6.07, 6.45) is 2.65. The van der Waals surface area contributed by atoms with E-state index in [4.69, 9.17) is 4.74 Å². The standard InChI is InChI=1S/C27H45N3O4/c1-10-13-18-28-23(31)22(21-16-14-20(11-2)15-17-21)30(27(8,9)12-3)24(32)19(4)29-25(33)34-26(5,6)7/h14-17,19,22H,10-13,18H2,1-9H3,(H,28,31)(H,29,33). The molecule has 0 saturated carbocycles. The zero-order chi connectivity index (χ0) is 26.1. The summed E-state index contributed by atoms with van der Waals surface area (Å²) in [5.74, 6) is -0.565. The molecule has 1 aromatic rings. The highest BCUT2D eigenvalue weighted by atomic mass is 16.6. The van der Waals surface area contributed by atoms with Crippen LogP contribution in [0.5, 0.6) is 0 Å². The second kappa shape index (κ2) is 12.8. The van der Waals surface area contributed by atoms with Gasteiger partial charge in [0.25, 0.3) is 0 Å². The van der Waals surface area contributed by atoms with Crippen LogP contribution in [0, 0.1) is 0 Å². The summed E-state index contributed by atoms with van der Waals surface area (Å²) in [7, 11) is 0. The summed E-state index contributed by atoms with van der Waals surface area (Å²) in [5.41, 5.74) is 0.571. The number of amides is 3. The fraction of sp³-hybridized carbons (Fsp3) is 0.667. The van der Waals surface area contributed by atoms with E-state index in [1.165, 1.54) is 0 Å². The zero-order valence-electron chi connectivity index (χ0n) is 22.6. The maximum atomic E-state index is 13.8. The van der Waals surface area contributed by atoms with Crippen LogP contribution in [0.25, 0.3) is 0 Å². The van der Waals surface area contributed by atoms with E-state index in [1.54, 1.807) is 32.6 Å². The number of carbonyl (C=O) groups is 3. The van der Waals surface area contributed by atoms with E-state index in [0.29, 0.717) is 13.0 Å². The Balaban J connectivity index is 3.41. The zero-order valence-corrected chi connectivity index (χ0v) is 22.6. The predicted molar refractivity (Wildman–Crippen MR) is 137 cm³/mol. The second-order valence-corrected chi connectivity index (χ2v) is 10.4. The molecule has 1 rings (SSSR count). The highest BCUT2D eigenvalue weighted by Gasteiger charge is 2.42. The molecule has 0 spiro atoms. The van der Waals surface area contributed by atoms with Crippen molar-refractivity contribution in [2.45, 2.75) is 111 Å². The highest BCUT2D eigenvalue weighted by Crippen LogP contribution is 2.32. The molecule has 0 saturated heterocycles. The van der Waals surface area contributed by atoms with Crippen molar-refractivity contribution in [2.75, 3.05) is 6.54 Å². The van der Waals surface area contributed by atoms with Gasteiger partial charge in [-0.25, -0.2) is 4.79 Å². The van der Waals surface area contributed by atoms with Gasteiger partial charge in [0.15, 0.2) is 0 Å². The first-order valence-electron chi connectivity index (χ1n) is 12.5. The van der Waals surface area contributed by atoms with E-state index in [-0.39, 0.29) is 11.8 Å². The lowest BCUT2D eigenvalue weighted by molar-refractivity contribution is -0.149. The molecule has 7 heteroatoms. The monoisotopic (exact) mass is 475 g/mol. The Morgan fingerprint density at radius 3 is 2.06 bits per heavy atom. The first-order chi connectivity index (χ1) is 15.8. The molecule has 0 bridgehead atoms. The number of carbonyl (C=O) groups excluding carboxylic acids is 3. The van der Waals surface area contributed by atoms with Crippen molar-refractivity contribution in [3.05, 3.63) is 35.4 Å². The Bertz CT molecular complexity index is 812. The van der Waals surface area contributed by atoms with Crippen LogP contribution in [0.2, 0.25) is 0 Å². The molecule has 7 nitrogen and oxygen atoms in total. The van der Waals surface area contributed by atoms with E-state index >= 15 is 0 Å². The smallest absolute Gasteiger partial charge is 0.408 e. The Morgan fingerprint density at radius 1 is 1.00 bits per heavy atom. The third kappa shape index (κ3) is 8.65. The van der Waals surface area contributed by atoms with Gasteiger partial charge in [0, 0.05) is 12.1 Å². The van der Waals surface area contributed by atoms with Crippen molar-refractivity contribution in [1.82, 2.24) is 15.5 Å². The topological polar surface area (TPSA) is 87.7 Å². The summed E-state index contributed by atoms with van der Waals surface area (Å²) < 4.78 is 5.33. The molecule has 2 atom stereocenters. The third-order valence-electron chi connectivity index (χ3n) is 5.90. The van der Waals surface area contributed by atoms with E-state index in [2.05, 4.69) is 24.5 Å². The van der Waals surface area contributed by atoms with Crippen LogP contribution in [-0.2, 0) is 20.7 Å². The second-order valence-electron chi connectivity index (χ2n) is 10.4. The van der Waals surface area contributed by atoms with Gasteiger partial charge in [0.05, 0.1) is 0 Å². The molecule has 192 valence electrons. The minimum absolute atomic E-state index is 0.225. The van der Waals surface area contributed by atoms with Gasteiger partial charge in [-0.3, -0.25) is 9.59 Å². The molecule has 1 aromatic carbocycles. The van der Waals surface area contributed by atoms with Gasteiger partial charge in [-0.2, -0.15) is 0 Å². The van der Waals surface area contributed by atoms with Crippen molar-refractivity contribution in [1.29, 1.82) is 0 Å². The van der Waals surface area contributed by atoms with E-state index < -0.39 is 29.3 Å². The SMILES string of the molecule is CCCCNC(=O)C(c1ccc(CC)cc1)N(C(=O)C(C)NC(=O)OC(C)(C)C)C(C)(C)CC. The molecular weight excluding hydrogens is 430 g/mol. The van der Waals surface area contributed by atoms with Gasteiger partial charge in [-0.05, 0) is 71.9 Å². The lowest BCUT2D eigenvalue weighted by Gasteiger charge is -2.44. The van der Waals surface area contributed by atoms with Gasteiger partial charge in [-0.1, -0.05) is 51.5 Å². The van der Waals surface area contributed by atoms with Gasteiger partial charge < -0.3 is 20.3 Å². The molecule has 34 heavy (non-hydrogen) atoms. The molecule has 2 unspecified atom stereocenters. The van der Waals surface area contributed by atoms with Crippen molar-refractivity contribution in [3.63, 3.8) is 0 Å². The lowest BCUT2D eigenvalue weighted by Crippen LogP contribution is -2.58. The van der Waals surface area contributed by atoms with Crippen molar-refractivity contribution in [2.24, 2.45) is 0 Å². The number of rotatable bonds is 11. The molecule has 0 aliphatic heterocycles. The number of hydrogen-bond acceptors (Lipinski definition) is 4. The van der Waals surface area contributed by atoms with Crippen LogP contribution in [0.3, 0.4) is 0 Å². The summed E-state index contributed by atoms with van der Waals surface area (Å²) in [5, 5.41) is 5.65. The van der Waals surface area contributed by atoms with E-state index in [1.807, 2.05) is 45.0 Å². The summed E-state index contributed by atoms with van der Waals surface area (Å²) in [6.45, 7) is 17.5. The molecule has 0 heterocycles. The number of nitrogens with one attached hydrogen (secondary N) is 2. The average molecular weight is 476 g/mol. The fourth-order valence-electron chi connectivity index (χ4n) is 3.54. The number of nitrogens with zero attached hydrogens (tertiary/aromatic N) is 1. The summed E-state index contributed by atoms with van der Waals surface area (Å²) in [4.78, 5) is 41.3. The van der Waals surface area contributed by atoms with Gasteiger partial charge in [0.2, 0.25) is 11.8 Å². The number of aryl methyl sites for hydroxylation is 1. The molecule has 2 N–H and O–H groups in total. The normalized spacial score (nSPS) is 13.6. The Morgan fingerprint density at radius 2 is 1.59 bits per heavy atom. The third-order valence-corrected chi connectivity index (χ3v) is 5.90. The maximum absolute atomic E-state index is 13.8. The summed E-state index contributed by atoms with van der Waals surface area (Å²) >= 11 is 0. The van der Waals surface area contributed by atoms with Crippen molar-refractivity contribution < 1.29 is 19.1 Å². The molecule has 0 aliphatic rings. The first kappa shape index (κ1) is 29.5. The molecule has 0 aromatic heterocycles. The van der Waals surface area contributed by atoms with Gasteiger partial charge in [-0.15, -0.1) is 0 Å². The van der Waals surface area contributed by atoms with Crippen LogP contribution in [0.1, 0.15) is 98.7 Å². The molecule has 3 amide bonds. The van der Waals surface area contributed by atoms with Crippen LogP contribution in [0.4, 0.5) is 4.79 Å². The van der Waals surface area contributed by atoms with Gasteiger partial charge >= 0.3 is 6.09 Å². The Kier molecular flexibility index (Phi) is 11.1. The molecular formula is C27H45N3O4. The molecule has 0 radical (unpaired) electrons. The van der Waals surface area contributed by atoms with Crippen molar-refractivity contribution >= 4 is 17.9 Å². The number of hydrogen-bond donors (Lipinski definition) is 2. The lowest BCUT2D eigenvalue weighted by atomic mass is 9.91.